The second-order valence-corrected chi connectivity index (χ2v) is 8.96. The second-order valence-electron chi connectivity index (χ2n) is 8.52. The number of nitrogens with one attached hydrogen (secondary N) is 2. The van der Waals surface area contributed by atoms with Gasteiger partial charge in [-0.3, -0.25) is 14.7 Å². The van der Waals surface area contributed by atoms with Crippen LogP contribution >= 0.6 is 11.6 Å². The molecule has 2 aromatic rings. The van der Waals surface area contributed by atoms with Crippen LogP contribution in [0.4, 0.5) is 0 Å². The Morgan fingerprint density at radius 1 is 1.10 bits per heavy atom. The van der Waals surface area contributed by atoms with Gasteiger partial charge in [0, 0.05) is 36.1 Å². The maximum Gasteiger partial charge on any atom is 0.271 e. The number of nitrogens with zero attached hydrogens (tertiary/aromatic N) is 2. The third kappa shape index (κ3) is 5.22. The van der Waals surface area contributed by atoms with E-state index in [-0.39, 0.29) is 17.9 Å². The van der Waals surface area contributed by atoms with Crippen LogP contribution in [0.3, 0.4) is 0 Å². The Labute approximate surface area is 182 Å². The fraction of sp³-hybridized carbons (Fsp3) is 0.522. The number of hydrogen-bond acceptors (Lipinski definition) is 3. The second kappa shape index (κ2) is 9.65. The van der Waals surface area contributed by atoms with Crippen LogP contribution in [-0.2, 0) is 4.79 Å². The number of benzene rings is 1. The van der Waals surface area contributed by atoms with Gasteiger partial charge in [-0.1, -0.05) is 43.0 Å². The Bertz CT molecular complexity index is 883. The minimum absolute atomic E-state index is 0.0530. The molecule has 0 bridgehead atoms. The van der Waals surface area contributed by atoms with Crippen molar-refractivity contribution in [2.75, 3.05) is 13.1 Å². The molecule has 1 aliphatic carbocycles. The molecule has 0 spiro atoms. The molecule has 1 aromatic carbocycles. The minimum atomic E-state index is -0.0530. The van der Waals surface area contributed by atoms with E-state index in [1.54, 1.807) is 6.07 Å². The molecule has 30 heavy (non-hydrogen) atoms. The van der Waals surface area contributed by atoms with E-state index in [0.29, 0.717) is 41.8 Å². The van der Waals surface area contributed by atoms with E-state index in [2.05, 4.69) is 15.5 Å². The summed E-state index contributed by atoms with van der Waals surface area (Å²) in [6.07, 6.45) is 8.41. The number of aromatic amines is 1. The van der Waals surface area contributed by atoms with E-state index in [0.717, 1.165) is 18.4 Å². The monoisotopic (exact) mass is 428 g/mol. The molecule has 6 nitrogen and oxygen atoms in total. The molecule has 1 aliphatic heterocycles. The molecule has 160 valence electrons. The molecule has 0 unspecified atom stereocenters. The number of carbonyl (C=O) groups is 2. The number of likely N-dealkylation sites (tertiary alicyclic amines) is 1. The largest absolute Gasteiger partial charge is 0.353 e. The van der Waals surface area contributed by atoms with Gasteiger partial charge >= 0.3 is 0 Å². The van der Waals surface area contributed by atoms with E-state index in [1.807, 2.05) is 29.2 Å². The highest BCUT2D eigenvalue weighted by Crippen LogP contribution is 2.26. The average molecular weight is 429 g/mol. The predicted octanol–water partition coefficient (Wildman–Crippen LogP) is 4.42. The van der Waals surface area contributed by atoms with Gasteiger partial charge in [0.2, 0.25) is 5.91 Å². The number of aromatic nitrogens is 2. The maximum atomic E-state index is 12.8. The number of hydrogen-bond donors (Lipinski definition) is 2. The van der Waals surface area contributed by atoms with Crippen LogP contribution in [0.5, 0.6) is 0 Å². The fourth-order valence-corrected chi connectivity index (χ4v) is 4.75. The highest BCUT2D eigenvalue weighted by atomic mass is 35.5. The summed E-state index contributed by atoms with van der Waals surface area (Å²) in [5.74, 6) is 0.670. The summed E-state index contributed by atoms with van der Waals surface area (Å²) in [7, 11) is 0. The first-order chi connectivity index (χ1) is 14.6. The Kier molecular flexibility index (Phi) is 6.72. The van der Waals surface area contributed by atoms with Crippen LogP contribution in [0.1, 0.15) is 61.9 Å². The molecule has 2 heterocycles. The van der Waals surface area contributed by atoms with Crippen molar-refractivity contribution in [3.05, 3.63) is 41.0 Å². The normalized spacial score (nSPS) is 18.4. The van der Waals surface area contributed by atoms with Crippen molar-refractivity contribution >= 4 is 23.4 Å². The van der Waals surface area contributed by atoms with Crippen LogP contribution in [-0.4, -0.2) is 46.0 Å². The Morgan fingerprint density at radius 3 is 2.60 bits per heavy atom. The van der Waals surface area contributed by atoms with Crippen LogP contribution in [0.25, 0.3) is 11.3 Å². The Hall–Kier alpha value is -2.34. The van der Waals surface area contributed by atoms with Gasteiger partial charge in [0.1, 0.15) is 5.69 Å². The summed E-state index contributed by atoms with van der Waals surface area (Å²) in [5.41, 5.74) is 2.05. The van der Waals surface area contributed by atoms with Crippen molar-refractivity contribution in [3.8, 4) is 11.3 Å². The SMILES string of the molecule is O=C(CC1CCCCC1)NC1CCN(C(=O)c2cc(-c3cccc(Cl)c3)n[nH]2)CC1. The highest BCUT2D eigenvalue weighted by Gasteiger charge is 2.26. The molecule has 4 rings (SSSR count). The van der Waals surface area contributed by atoms with Crippen molar-refractivity contribution in [1.82, 2.24) is 20.4 Å². The van der Waals surface area contributed by atoms with Crippen molar-refractivity contribution in [2.45, 2.75) is 57.4 Å². The van der Waals surface area contributed by atoms with Gasteiger partial charge < -0.3 is 10.2 Å². The number of H-pyrrole nitrogens is 1. The first-order valence-electron chi connectivity index (χ1n) is 11.0. The number of halogens is 1. The average Bonchev–Trinajstić information content (AvgIpc) is 3.25. The van der Waals surface area contributed by atoms with Gasteiger partial charge in [-0.25, -0.2) is 0 Å². The quantitative estimate of drug-likeness (QED) is 0.739. The zero-order valence-corrected chi connectivity index (χ0v) is 18.0. The molecule has 1 saturated heterocycles. The van der Waals surface area contributed by atoms with Gasteiger partial charge in [-0.05, 0) is 49.8 Å². The van der Waals surface area contributed by atoms with E-state index in [9.17, 15) is 9.59 Å². The van der Waals surface area contributed by atoms with Crippen LogP contribution in [0.15, 0.2) is 30.3 Å². The molecular weight excluding hydrogens is 400 g/mol. The van der Waals surface area contributed by atoms with Crippen molar-refractivity contribution < 1.29 is 9.59 Å². The number of piperidine rings is 1. The van der Waals surface area contributed by atoms with Gasteiger partial charge in [-0.15, -0.1) is 0 Å². The minimum Gasteiger partial charge on any atom is -0.353 e. The lowest BCUT2D eigenvalue weighted by Gasteiger charge is -2.32. The van der Waals surface area contributed by atoms with Crippen LogP contribution in [0, 0.1) is 5.92 Å². The summed E-state index contributed by atoms with van der Waals surface area (Å²) in [6, 6.07) is 9.34. The lowest BCUT2D eigenvalue weighted by molar-refractivity contribution is -0.123. The molecule has 2 aliphatic rings. The third-order valence-corrected chi connectivity index (χ3v) is 6.51. The Balaban J connectivity index is 1.27. The molecule has 2 fully saturated rings. The van der Waals surface area contributed by atoms with Crippen molar-refractivity contribution in [1.29, 1.82) is 0 Å². The molecule has 1 saturated carbocycles. The summed E-state index contributed by atoms with van der Waals surface area (Å²) < 4.78 is 0. The maximum absolute atomic E-state index is 12.8. The lowest BCUT2D eigenvalue weighted by atomic mass is 9.86. The zero-order valence-electron chi connectivity index (χ0n) is 17.2. The van der Waals surface area contributed by atoms with Crippen molar-refractivity contribution in [2.24, 2.45) is 5.92 Å². The third-order valence-electron chi connectivity index (χ3n) is 6.27. The topological polar surface area (TPSA) is 78.1 Å². The molecule has 2 N–H and O–H groups in total. The van der Waals surface area contributed by atoms with E-state index < -0.39 is 0 Å². The standard InChI is InChI=1S/C23H29ClN4O2/c24-18-8-4-7-17(14-18)20-15-21(27-26-20)23(30)28-11-9-19(10-12-28)25-22(29)13-16-5-2-1-3-6-16/h4,7-8,14-16,19H,1-3,5-6,9-13H2,(H,25,29)(H,26,27). The zero-order chi connectivity index (χ0) is 20.9. The summed E-state index contributed by atoms with van der Waals surface area (Å²) in [5, 5.41) is 10.9. The molecule has 1 aromatic heterocycles. The van der Waals surface area contributed by atoms with Gasteiger partial charge in [0.05, 0.1) is 5.69 Å². The van der Waals surface area contributed by atoms with Gasteiger partial charge in [0.25, 0.3) is 5.91 Å². The van der Waals surface area contributed by atoms with Crippen LogP contribution in [0.2, 0.25) is 5.02 Å². The molecular formula is C23H29ClN4O2. The highest BCUT2D eigenvalue weighted by molar-refractivity contribution is 6.30. The molecule has 0 atom stereocenters. The van der Waals surface area contributed by atoms with Crippen LogP contribution < -0.4 is 5.32 Å². The Morgan fingerprint density at radius 2 is 1.87 bits per heavy atom. The number of rotatable bonds is 5. The first kappa shape index (κ1) is 20.9. The van der Waals surface area contributed by atoms with E-state index in [4.69, 9.17) is 11.6 Å². The molecule has 0 radical (unpaired) electrons. The summed E-state index contributed by atoms with van der Waals surface area (Å²) in [4.78, 5) is 27.0. The molecule has 7 heteroatoms. The smallest absolute Gasteiger partial charge is 0.271 e. The predicted molar refractivity (Wildman–Crippen MR) is 117 cm³/mol. The number of amides is 2. The van der Waals surface area contributed by atoms with Gasteiger partial charge in [0.15, 0.2) is 0 Å². The summed E-state index contributed by atoms with van der Waals surface area (Å²) >= 11 is 6.05. The van der Waals surface area contributed by atoms with Gasteiger partial charge in [-0.2, -0.15) is 5.10 Å². The van der Waals surface area contributed by atoms with E-state index in [1.165, 1.54) is 32.1 Å². The fourth-order valence-electron chi connectivity index (χ4n) is 4.56. The van der Waals surface area contributed by atoms with Crippen molar-refractivity contribution in [3.63, 3.8) is 0 Å². The summed E-state index contributed by atoms with van der Waals surface area (Å²) in [6.45, 7) is 1.28. The molecule has 2 amide bonds. The number of carbonyl (C=O) groups excluding carboxylic acids is 2. The van der Waals surface area contributed by atoms with E-state index >= 15 is 0 Å². The first-order valence-corrected chi connectivity index (χ1v) is 11.4. The lowest BCUT2D eigenvalue weighted by Crippen LogP contribution is -2.46.